The summed E-state index contributed by atoms with van der Waals surface area (Å²) in [5, 5.41) is 19.4. The minimum atomic E-state index is -5.14. The van der Waals surface area contributed by atoms with Gasteiger partial charge in [0.2, 0.25) is 5.75 Å². The van der Waals surface area contributed by atoms with Crippen molar-refractivity contribution in [2.45, 2.75) is 12.8 Å². The number of nitrogens with zero attached hydrogens (tertiary/aromatic N) is 2. The van der Waals surface area contributed by atoms with E-state index in [1.165, 1.54) is 22.6 Å². The molecule has 1 rings (SSSR count). The molecule has 0 unspecified atom stereocenters. The van der Waals surface area contributed by atoms with Gasteiger partial charge in [0.15, 0.2) is 0 Å². The number of aromatic nitrogens is 1. The van der Waals surface area contributed by atoms with Gasteiger partial charge in [-0.3, -0.25) is 14.9 Å². The number of rotatable bonds is 4. The van der Waals surface area contributed by atoms with Crippen molar-refractivity contribution >= 4 is 34.2 Å². The molecule has 1 aromatic rings. The van der Waals surface area contributed by atoms with E-state index in [9.17, 15) is 28.1 Å². The maximum atomic E-state index is 12.1. The molecule has 0 amide bonds. The molecule has 0 aliphatic rings. The van der Waals surface area contributed by atoms with Crippen LogP contribution in [-0.4, -0.2) is 27.3 Å². The van der Waals surface area contributed by atoms with Gasteiger partial charge in [0, 0.05) is 0 Å². The number of carboxylic acid groups (broad SMARTS) is 1. The highest BCUT2D eigenvalue weighted by Crippen LogP contribution is 2.36. The SMILES string of the molecule is O=C(O)Cc1c(I)ncc(OC(F)(F)F)c1[N+](=O)[O-]. The predicted octanol–water partition coefficient (Wildman–Crippen LogP) is 2.12. The van der Waals surface area contributed by atoms with Gasteiger partial charge in [-0.15, -0.1) is 13.2 Å². The first kappa shape index (κ1) is 15.4. The number of pyridine rings is 1. The molecule has 0 bridgehead atoms. The molecule has 7 nitrogen and oxygen atoms in total. The van der Waals surface area contributed by atoms with Crippen molar-refractivity contribution in [2.75, 3.05) is 0 Å². The van der Waals surface area contributed by atoms with Crippen molar-refractivity contribution in [2.24, 2.45) is 0 Å². The average molecular weight is 392 g/mol. The third-order valence-corrected chi connectivity index (χ3v) is 2.73. The van der Waals surface area contributed by atoms with Gasteiger partial charge in [-0.05, 0) is 22.6 Å². The fourth-order valence-electron chi connectivity index (χ4n) is 1.21. The Morgan fingerprint density at radius 1 is 1.58 bits per heavy atom. The first-order valence-corrected chi connectivity index (χ1v) is 5.49. The molecular formula is C8H4F3IN2O5. The second-order valence-corrected chi connectivity index (χ2v) is 4.14. The normalized spacial score (nSPS) is 11.2. The molecule has 0 aromatic carbocycles. The second kappa shape index (κ2) is 5.54. The highest BCUT2D eigenvalue weighted by Gasteiger charge is 2.36. The lowest BCUT2D eigenvalue weighted by atomic mass is 10.1. The van der Waals surface area contributed by atoms with Gasteiger partial charge in [0.1, 0.15) is 3.70 Å². The van der Waals surface area contributed by atoms with E-state index < -0.39 is 40.7 Å². The van der Waals surface area contributed by atoms with Crippen LogP contribution in [0.5, 0.6) is 5.75 Å². The van der Waals surface area contributed by atoms with Crippen LogP contribution in [0.25, 0.3) is 0 Å². The first-order valence-electron chi connectivity index (χ1n) is 4.41. The molecule has 11 heteroatoms. The Bertz CT molecular complexity index is 534. The number of carboxylic acids is 1. The summed E-state index contributed by atoms with van der Waals surface area (Å²) >= 11 is 1.49. The predicted molar refractivity (Wildman–Crippen MR) is 61.6 cm³/mol. The first-order chi connectivity index (χ1) is 8.61. The van der Waals surface area contributed by atoms with Crippen molar-refractivity contribution in [1.82, 2.24) is 4.98 Å². The maximum Gasteiger partial charge on any atom is 0.573 e. The van der Waals surface area contributed by atoms with Crippen LogP contribution in [-0.2, 0) is 11.2 Å². The van der Waals surface area contributed by atoms with Crippen LogP contribution in [0, 0.1) is 13.8 Å². The van der Waals surface area contributed by atoms with Gasteiger partial charge in [-0.25, -0.2) is 4.98 Å². The Labute approximate surface area is 116 Å². The number of hydrogen-bond acceptors (Lipinski definition) is 5. The number of aliphatic carboxylic acids is 1. The number of halogens is 4. The van der Waals surface area contributed by atoms with Crippen molar-refractivity contribution in [1.29, 1.82) is 0 Å². The van der Waals surface area contributed by atoms with Gasteiger partial charge < -0.3 is 9.84 Å². The zero-order chi connectivity index (χ0) is 14.8. The summed E-state index contributed by atoms with van der Waals surface area (Å²) in [6.07, 6.45) is -5.45. The van der Waals surface area contributed by atoms with Crippen LogP contribution in [0.15, 0.2) is 6.20 Å². The van der Waals surface area contributed by atoms with E-state index in [2.05, 4.69) is 9.72 Å². The van der Waals surface area contributed by atoms with E-state index in [4.69, 9.17) is 5.11 Å². The molecular weight excluding hydrogens is 388 g/mol. The molecule has 0 saturated carbocycles. The molecule has 0 aliphatic heterocycles. The van der Waals surface area contributed by atoms with Crippen molar-refractivity contribution < 1.29 is 32.7 Å². The van der Waals surface area contributed by atoms with Crippen LogP contribution in [0.2, 0.25) is 0 Å². The Morgan fingerprint density at radius 2 is 2.16 bits per heavy atom. The number of hydrogen-bond donors (Lipinski definition) is 1. The van der Waals surface area contributed by atoms with Crippen LogP contribution < -0.4 is 4.74 Å². The zero-order valence-electron chi connectivity index (χ0n) is 8.77. The fourth-order valence-corrected chi connectivity index (χ4v) is 1.79. The summed E-state index contributed by atoms with van der Waals surface area (Å²) < 4.78 is 39.7. The third-order valence-electron chi connectivity index (χ3n) is 1.80. The fraction of sp³-hybridized carbons (Fsp3) is 0.250. The summed E-state index contributed by atoms with van der Waals surface area (Å²) in [7, 11) is 0. The number of ether oxygens (including phenoxy) is 1. The summed E-state index contributed by atoms with van der Waals surface area (Å²) in [5.41, 5.74) is -1.50. The van der Waals surface area contributed by atoms with E-state index in [0.717, 1.165) is 0 Å². The smallest absolute Gasteiger partial charge is 0.481 e. The molecule has 0 saturated heterocycles. The molecule has 0 radical (unpaired) electrons. The van der Waals surface area contributed by atoms with Gasteiger partial charge in [-0.1, -0.05) is 0 Å². The molecule has 0 aliphatic carbocycles. The van der Waals surface area contributed by atoms with Crippen molar-refractivity contribution in [3.63, 3.8) is 0 Å². The maximum absolute atomic E-state index is 12.1. The van der Waals surface area contributed by atoms with Crippen LogP contribution in [0.1, 0.15) is 5.56 Å². The van der Waals surface area contributed by atoms with Gasteiger partial charge >= 0.3 is 18.0 Å². The average Bonchev–Trinajstić information content (AvgIpc) is 2.19. The Morgan fingerprint density at radius 3 is 2.58 bits per heavy atom. The topological polar surface area (TPSA) is 103 Å². The molecule has 1 N–H and O–H groups in total. The molecule has 0 atom stereocenters. The van der Waals surface area contributed by atoms with E-state index in [-0.39, 0.29) is 3.70 Å². The Kier molecular flexibility index (Phi) is 4.49. The summed E-state index contributed by atoms with van der Waals surface area (Å²) in [6.45, 7) is 0. The summed E-state index contributed by atoms with van der Waals surface area (Å²) in [6, 6.07) is 0. The zero-order valence-corrected chi connectivity index (χ0v) is 10.9. The minimum Gasteiger partial charge on any atom is -0.481 e. The molecule has 104 valence electrons. The lowest BCUT2D eigenvalue weighted by Crippen LogP contribution is -2.19. The molecule has 1 heterocycles. The van der Waals surface area contributed by atoms with Gasteiger partial charge in [0.25, 0.3) is 0 Å². The minimum absolute atomic E-state index is 0.0822. The lowest BCUT2D eigenvalue weighted by molar-refractivity contribution is -0.389. The van der Waals surface area contributed by atoms with Crippen molar-refractivity contribution in [3.05, 3.63) is 25.6 Å². The molecule has 19 heavy (non-hydrogen) atoms. The van der Waals surface area contributed by atoms with E-state index >= 15 is 0 Å². The van der Waals surface area contributed by atoms with Gasteiger partial charge in [-0.2, -0.15) is 0 Å². The summed E-state index contributed by atoms with van der Waals surface area (Å²) in [5.74, 6) is -2.58. The van der Waals surface area contributed by atoms with Crippen LogP contribution in [0.3, 0.4) is 0 Å². The standard InChI is InChI=1S/C8H4F3IN2O5/c9-8(10,11)19-4-2-13-7(12)3(1-5(15)16)6(4)14(17)18/h2H,1H2,(H,15,16). The van der Waals surface area contributed by atoms with Gasteiger partial charge in [0.05, 0.1) is 23.1 Å². The number of nitro groups is 1. The molecule has 0 fully saturated rings. The van der Waals surface area contributed by atoms with Crippen LogP contribution in [0.4, 0.5) is 18.9 Å². The highest BCUT2D eigenvalue weighted by atomic mass is 127. The monoisotopic (exact) mass is 392 g/mol. The summed E-state index contributed by atoms with van der Waals surface area (Å²) in [4.78, 5) is 23.7. The number of alkyl halides is 3. The second-order valence-electron chi connectivity index (χ2n) is 3.12. The van der Waals surface area contributed by atoms with E-state index in [1.807, 2.05) is 0 Å². The van der Waals surface area contributed by atoms with Crippen LogP contribution >= 0.6 is 22.6 Å². The number of carbonyl (C=O) groups is 1. The molecule has 1 aromatic heterocycles. The van der Waals surface area contributed by atoms with E-state index in [0.29, 0.717) is 6.20 Å². The lowest BCUT2D eigenvalue weighted by Gasteiger charge is -2.11. The quantitative estimate of drug-likeness (QED) is 0.365. The highest BCUT2D eigenvalue weighted by molar-refractivity contribution is 14.1. The Hall–Kier alpha value is -1.66. The molecule has 0 spiro atoms. The Balaban J connectivity index is 3.40. The third kappa shape index (κ3) is 4.18. The van der Waals surface area contributed by atoms with E-state index in [1.54, 1.807) is 0 Å². The van der Waals surface area contributed by atoms with Crippen molar-refractivity contribution in [3.8, 4) is 5.75 Å². The largest absolute Gasteiger partial charge is 0.573 e.